The lowest BCUT2D eigenvalue weighted by molar-refractivity contribution is 0.0979. The Labute approximate surface area is 146 Å². The fourth-order valence-corrected chi connectivity index (χ4v) is 3.98. The van der Waals surface area contributed by atoms with Crippen molar-refractivity contribution in [3.63, 3.8) is 0 Å². The molecule has 1 amide bonds. The lowest BCUT2D eigenvalue weighted by Gasteiger charge is -2.29. The quantitative estimate of drug-likeness (QED) is 0.759. The third-order valence-corrected chi connectivity index (χ3v) is 5.21. The summed E-state index contributed by atoms with van der Waals surface area (Å²) >= 11 is 7.02. The second-order valence-electron chi connectivity index (χ2n) is 5.79. The van der Waals surface area contributed by atoms with Gasteiger partial charge in [-0.25, -0.2) is 0 Å². The maximum Gasteiger partial charge on any atom is 0.279 e. The van der Waals surface area contributed by atoms with Crippen molar-refractivity contribution < 1.29 is 4.79 Å². The van der Waals surface area contributed by atoms with Crippen molar-refractivity contribution in [2.45, 2.75) is 32.6 Å². The Morgan fingerprint density at radius 1 is 1.36 bits per heavy atom. The number of hydrogen-bond donors (Lipinski definition) is 1. The molecule has 0 bridgehead atoms. The standard InChI is InChI=1S/C16H17Br2N3O/c1-9(2)14-13(18)15(20-19-14)16(22)21-7-3-4-10-8-11(17)5-6-12(10)21/h5-6,8-9H,3-4,7H2,1-2H3,(H,19,20). The lowest BCUT2D eigenvalue weighted by atomic mass is 10.0. The Bertz CT molecular complexity index is 724. The van der Waals surface area contributed by atoms with Crippen molar-refractivity contribution in [3.8, 4) is 0 Å². The van der Waals surface area contributed by atoms with Crippen molar-refractivity contribution >= 4 is 43.5 Å². The van der Waals surface area contributed by atoms with E-state index in [4.69, 9.17) is 0 Å². The highest BCUT2D eigenvalue weighted by Gasteiger charge is 2.28. The van der Waals surface area contributed by atoms with Crippen LogP contribution >= 0.6 is 31.9 Å². The van der Waals surface area contributed by atoms with E-state index >= 15 is 0 Å². The van der Waals surface area contributed by atoms with E-state index in [1.54, 1.807) is 0 Å². The van der Waals surface area contributed by atoms with Crippen LogP contribution in [-0.2, 0) is 6.42 Å². The molecule has 0 spiro atoms. The van der Waals surface area contributed by atoms with E-state index in [0.717, 1.165) is 39.7 Å². The second-order valence-corrected chi connectivity index (χ2v) is 7.50. The summed E-state index contributed by atoms with van der Waals surface area (Å²) in [7, 11) is 0. The van der Waals surface area contributed by atoms with E-state index in [1.807, 2.05) is 17.0 Å². The van der Waals surface area contributed by atoms with Gasteiger partial charge < -0.3 is 4.90 Å². The van der Waals surface area contributed by atoms with Crippen molar-refractivity contribution in [3.05, 3.63) is 44.1 Å². The highest BCUT2D eigenvalue weighted by molar-refractivity contribution is 9.10. The van der Waals surface area contributed by atoms with Gasteiger partial charge in [0.1, 0.15) is 0 Å². The summed E-state index contributed by atoms with van der Waals surface area (Å²) in [5.74, 6) is 0.228. The van der Waals surface area contributed by atoms with Crippen LogP contribution < -0.4 is 4.90 Å². The molecule has 116 valence electrons. The Morgan fingerprint density at radius 2 is 2.14 bits per heavy atom. The Balaban J connectivity index is 1.98. The zero-order valence-electron chi connectivity index (χ0n) is 12.5. The van der Waals surface area contributed by atoms with Gasteiger partial charge >= 0.3 is 0 Å². The van der Waals surface area contributed by atoms with E-state index in [2.05, 4.69) is 62.0 Å². The van der Waals surface area contributed by atoms with E-state index in [0.29, 0.717) is 5.69 Å². The summed E-state index contributed by atoms with van der Waals surface area (Å²) in [5, 5.41) is 7.20. The SMILES string of the molecule is CC(C)c1[nH]nc(C(=O)N2CCCc3cc(Br)ccc32)c1Br. The maximum absolute atomic E-state index is 12.9. The second kappa shape index (κ2) is 6.16. The van der Waals surface area contributed by atoms with Crippen LogP contribution in [0.25, 0.3) is 0 Å². The molecule has 1 aromatic heterocycles. The van der Waals surface area contributed by atoms with Gasteiger partial charge in [0.05, 0.1) is 10.2 Å². The van der Waals surface area contributed by atoms with E-state index in [1.165, 1.54) is 5.56 Å². The number of H-pyrrole nitrogens is 1. The van der Waals surface area contributed by atoms with Crippen molar-refractivity contribution in [2.24, 2.45) is 0 Å². The molecular weight excluding hydrogens is 410 g/mol. The van der Waals surface area contributed by atoms with Crippen LogP contribution in [0.15, 0.2) is 27.1 Å². The van der Waals surface area contributed by atoms with Gasteiger partial charge in [0, 0.05) is 16.7 Å². The molecule has 0 saturated carbocycles. The number of aryl methyl sites for hydroxylation is 1. The molecule has 0 unspecified atom stereocenters. The van der Waals surface area contributed by atoms with Crippen LogP contribution in [0.2, 0.25) is 0 Å². The van der Waals surface area contributed by atoms with Crippen molar-refractivity contribution in [2.75, 3.05) is 11.4 Å². The Hall–Kier alpha value is -1.14. The molecule has 3 rings (SSSR count). The number of aromatic nitrogens is 2. The lowest BCUT2D eigenvalue weighted by Crippen LogP contribution is -2.35. The van der Waals surface area contributed by atoms with Gasteiger partial charge in [-0.3, -0.25) is 9.89 Å². The first kappa shape index (κ1) is 15.7. The van der Waals surface area contributed by atoms with Crippen LogP contribution in [0.3, 0.4) is 0 Å². The molecule has 1 aliphatic rings. The predicted molar refractivity (Wildman–Crippen MR) is 94.5 cm³/mol. The van der Waals surface area contributed by atoms with Crippen molar-refractivity contribution in [1.82, 2.24) is 10.2 Å². The van der Waals surface area contributed by atoms with Gasteiger partial charge in [-0.1, -0.05) is 29.8 Å². The molecule has 0 saturated heterocycles. The third-order valence-electron chi connectivity index (χ3n) is 3.92. The normalized spacial score (nSPS) is 14.3. The van der Waals surface area contributed by atoms with Gasteiger partial charge in [0.25, 0.3) is 5.91 Å². The van der Waals surface area contributed by atoms with Crippen LogP contribution in [0.1, 0.15) is 47.9 Å². The fourth-order valence-electron chi connectivity index (χ4n) is 2.77. The molecule has 2 aromatic rings. The molecule has 0 aliphatic carbocycles. The van der Waals surface area contributed by atoms with Crippen molar-refractivity contribution in [1.29, 1.82) is 0 Å². The summed E-state index contributed by atoms with van der Waals surface area (Å²) in [6.07, 6.45) is 1.96. The third kappa shape index (κ3) is 2.74. The smallest absolute Gasteiger partial charge is 0.279 e. The maximum atomic E-state index is 12.9. The monoisotopic (exact) mass is 425 g/mol. The topological polar surface area (TPSA) is 49.0 Å². The van der Waals surface area contributed by atoms with Crippen LogP contribution in [0.5, 0.6) is 0 Å². The predicted octanol–water partition coefficient (Wildman–Crippen LogP) is 4.65. The molecule has 4 nitrogen and oxygen atoms in total. The highest BCUT2D eigenvalue weighted by atomic mass is 79.9. The van der Waals surface area contributed by atoms with Gasteiger partial charge in [0.2, 0.25) is 0 Å². The van der Waals surface area contributed by atoms with Gasteiger partial charge in [-0.2, -0.15) is 5.10 Å². The number of rotatable bonds is 2. The number of anilines is 1. The number of hydrogen-bond acceptors (Lipinski definition) is 2. The summed E-state index contributed by atoms with van der Waals surface area (Å²) in [4.78, 5) is 14.7. The summed E-state index contributed by atoms with van der Waals surface area (Å²) in [6.45, 7) is 4.87. The summed E-state index contributed by atoms with van der Waals surface area (Å²) in [5.41, 5.74) is 3.60. The first-order valence-electron chi connectivity index (χ1n) is 7.33. The fraction of sp³-hybridized carbons (Fsp3) is 0.375. The summed E-state index contributed by atoms with van der Waals surface area (Å²) < 4.78 is 1.82. The number of benzene rings is 1. The summed E-state index contributed by atoms with van der Waals surface area (Å²) in [6, 6.07) is 6.07. The molecule has 1 aromatic carbocycles. The largest absolute Gasteiger partial charge is 0.307 e. The van der Waals surface area contributed by atoms with Crippen LogP contribution in [-0.4, -0.2) is 22.6 Å². The molecule has 6 heteroatoms. The minimum absolute atomic E-state index is 0.0571. The molecule has 22 heavy (non-hydrogen) atoms. The number of nitrogens with zero attached hydrogens (tertiary/aromatic N) is 2. The average Bonchev–Trinajstić information content (AvgIpc) is 2.87. The highest BCUT2D eigenvalue weighted by Crippen LogP contribution is 2.33. The first-order chi connectivity index (χ1) is 10.5. The van der Waals surface area contributed by atoms with E-state index < -0.39 is 0 Å². The number of halogens is 2. The number of aromatic amines is 1. The molecule has 0 atom stereocenters. The number of fused-ring (bicyclic) bond motifs is 1. The Kier molecular flexibility index (Phi) is 4.41. The van der Waals surface area contributed by atoms with Gasteiger partial charge in [-0.05, 0) is 58.5 Å². The zero-order valence-corrected chi connectivity index (χ0v) is 15.7. The minimum atomic E-state index is -0.0571. The molecule has 1 aliphatic heterocycles. The first-order valence-corrected chi connectivity index (χ1v) is 8.91. The molecule has 0 fully saturated rings. The number of nitrogens with one attached hydrogen (secondary N) is 1. The van der Waals surface area contributed by atoms with Crippen LogP contribution in [0.4, 0.5) is 5.69 Å². The number of amides is 1. The van der Waals surface area contributed by atoms with E-state index in [-0.39, 0.29) is 11.8 Å². The average molecular weight is 427 g/mol. The van der Waals surface area contributed by atoms with Gasteiger partial charge in [-0.15, -0.1) is 0 Å². The molecule has 1 N–H and O–H groups in total. The molecule has 0 radical (unpaired) electrons. The molecule has 2 heterocycles. The van der Waals surface area contributed by atoms with Crippen LogP contribution in [0, 0.1) is 0 Å². The Morgan fingerprint density at radius 3 is 2.82 bits per heavy atom. The number of carbonyl (C=O) groups excluding carboxylic acids is 1. The van der Waals surface area contributed by atoms with E-state index in [9.17, 15) is 4.79 Å². The zero-order chi connectivity index (χ0) is 15.9. The number of carbonyl (C=O) groups is 1. The van der Waals surface area contributed by atoms with Gasteiger partial charge in [0.15, 0.2) is 5.69 Å². The minimum Gasteiger partial charge on any atom is -0.307 e. The molecular formula is C16H17Br2N3O.